The van der Waals surface area contributed by atoms with Crippen molar-refractivity contribution in [3.8, 4) is 0 Å². The fourth-order valence-corrected chi connectivity index (χ4v) is 3.65. The van der Waals surface area contributed by atoms with Crippen molar-refractivity contribution in [2.45, 2.75) is 36.7 Å². The summed E-state index contributed by atoms with van der Waals surface area (Å²) >= 11 is 0. The number of likely N-dealkylation sites (N-methyl/N-ethyl adjacent to an activating group) is 1. The van der Waals surface area contributed by atoms with E-state index < -0.39 is 10.0 Å². The summed E-state index contributed by atoms with van der Waals surface area (Å²) in [5.74, 6) is 0. The van der Waals surface area contributed by atoms with Gasteiger partial charge in [0.25, 0.3) is 0 Å². The molecule has 0 amide bonds. The number of rotatable bonds is 6. The topological polar surface area (TPSA) is 77.2 Å². The second-order valence-electron chi connectivity index (χ2n) is 5.37. The van der Waals surface area contributed by atoms with E-state index in [0.717, 1.165) is 18.7 Å². The van der Waals surface area contributed by atoms with Gasteiger partial charge in [-0.05, 0) is 39.5 Å². The summed E-state index contributed by atoms with van der Waals surface area (Å²) in [6.45, 7) is 2.15. The molecule has 2 rings (SSSR count). The fraction of sp³-hybridized carbons (Fsp3) is 0.692. The van der Waals surface area contributed by atoms with Crippen molar-refractivity contribution in [3.63, 3.8) is 0 Å². The third-order valence-corrected chi connectivity index (χ3v) is 5.23. The Balaban J connectivity index is 1.95. The molecule has 1 aromatic rings. The first-order valence-electron chi connectivity index (χ1n) is 7.05. The van der Waals surface area contributed by atoms with E-state index in [2.05, 4.69) is 27.0 Å². The van der Waals surface area contributed by atoms with E-state index in [0.29, 0.717) is 24.0 Å². The van der Waals surface area contributed by atoms with Crippen LogP contribution < -0.4 is 10.0 Å². The molecule has 1 saturated heterocycles. The maximum Gasteiger partial charge on any atom is 0.242 e. The van der Waals surface area contributed by atoms with E-state index in [1.165, 1.54) is 12.8 Å². The molecule has 1 aliphatic rings. The lowest BCUT2D eigenvalue weighted by Gasteiger charge is -2.32. The molecule has 0 spiro atoms. The van der Waals surface area contributed by atoms with Gasteiger partial charge in [0, 0.05) is 31.0 Å². The van der Waals surface area contributed by atoms with Crippen molar-refractivity contribution in [1.29, 1.82) is 0 Å². The molecule has 0 saturated carbocycles. The Labute approximate surface area is 121 Å². The van der Waals surface area contributed by atoms with Crippen LogP contribution in [0.4, 0.5) is 0 Å². The first-order chi connectivity index (χ1) is 9.53. The lowest BCUT2D eigenvalue weighted by Crippen LogP contribution is -2.44. The molecule has 114 valence electrons. The van der Waals surface area contributed by atoms with Gasteiger partial charge in [0.2, 0.25) is 10.0 Å². The van der Waals surface area contributed by atoms with Crippen LogP contribution in [0, 0.1) is 0 Å². The minimum atomic E-state index is -3.42. The molecule has 1 aliphatic heterocycles. The van der Waals surface area contributed by atoms with Gasteiger partial charge in [-0.15, -0.1) is 0 Å². The molecule has 0 radical (unpaired) electrons. The van der Waals surface area contributed by atoms with Gasteiger partial charge in [-0.2, -0.15) is 0 Å². The third kappa shape index (κ3) is 3.82. The molecule has 0 aliphatic carbocycles. The van der Waals surface area contributed by atoms with Crippen LogP contribution in [0.25, 0.3) is 0 Å². The first kappa shape index (κ1) is 15.5. The number of hydrogen-bond acceptors (Lipinski definition) is 4. The van der Waals surface area contributed by atoms with E-state index in [1.807, 2.05) is 7.05 Å². The Bertz CT molecular complexity index is 526. The van der Waals surface area contributed by atoms with E-state index >= 15 is 0 Å². The molecule has 7 heteroatoms. The molecule has 0 aromatic carbocycles. The molecule has 1 aromatic heterocycles. The van der Waals surface area contributed by atoms with Crippen molar-refractivity contribution in [1.82, 2.24) is 19.9 Å². The maximum atomic E-state index is 12.2. The quantitative estimate of drug-likeness (QED) is 0.715. The zero-order valence-corrected chi connectivity index (χ0v) is 13.0. The number of aromatic nitrogens is 1. The van der Waals surface area contributed by atoms with E-state index in [9.17, 15) is 8.42 Å². The predicted molar refractivity (Wildman–Crippen MR) is 79.0 cm³/mol. The van der Waals surface area contributed by atoms with Gasteiger partial charge < -0.3 is 15.2 Å². The Kier molecular flexibility index (Phi) is 5.20. The number of H-pyrrole nitrogens is 1. The second-order valence-corrected chi connectivity index (χ2v) is 7.14. The molecule has 1 fully saturated rings. The zero-order valence-electron chi connectivity index (χ0n) is 12.1. The van der Waals surface area contributed by atoms with E-state index in [1.54, 1.807) is 12.3 Å². The largest absolute Gasteiger partial charge is 0.363 e. The van der Waals surface area contributed by atoms with Gasteiger partial charge in [0.05, 0.1) is 4.90 Å². The number of piperidine rings is 1. The van der Waals surface area contributed by atoms with Crippen LogP contribution in [-0.2, 0) is 16.6 Å². The number of nitrogens with one attached hydrogen (secondary N) is 3. The van der Waals surface area contributed by atoms with E-state index in [4.69, 9.17) is 0 Å². The summed E-state index contributed by atoms with van der Waals surface area (Å²) in [5.41, 5.74) is 0.864. The van der Waals surface area contributed by atoms with Gasteiger partial charge >= 0.3 is 0 Å². The summed E-state index contributed by atoms with van der Waals surface area (Å²) in [7, 11) is 0.464. The zero-order chi connectivity index (χ0) is 14.6. The first-order valence-corrected chi connectivity index (χ1v) is 8.53. The second kappa shape index (κ2) is 6.71. The highest BCUT2D eigenvalue weighted by molar-refractivity contribution is 7.89. The average molecular weight is 300 g/mol. The summed E-state index contributed by atoms with van der Waals surface area (Å²) in [6.07, 6.45) is 4.97. The highest BCUT2D eigenvalue weighted by Crippen LogP contribution is 2.16. The summed E-state index contributed by atoms with van der Waals surface area (Å²) < 4.78 is 27.2. The van der Waals surface area contributed by atoms with Crippen molar-refractivity contribution in [3.05, 3.63) is 18.0 Å². The Morgan fingerprint density at radius 2 is 2.25 bits per heavy atom. The summed E-state index contributed by atoms with van der Waals surface area (Å²) in [5, 5.41) is 2.99. The number of nitrogens with zero attached hydrogens (tertiary/aromatic N) is 1. The van der Waals surface area contributed by atoms with E-state index in [-0.39, 0.29) is 0 Å². The van der Waals surface area contributed by atoms with Crippen LogP contribution in [-0.4, -0.2) is 51.5 Å². The van der Waals surface area contributed by atoms with Crippen LogP contribution in [0.2, 0.25) is 0 Å². The molecule has 0 bridgehead atoms. The maximum absolute atomic E-state index is 12.2. The molecule has 2 heterocycles. The van der Waals surface area contributed by atoms with Crippen LogP contribution in [0.1, 0.15) is 25.0 Å². The van der Waals surface area contributed by atoms with Crippen molar-refractivity contribution in [2.24, 2.45) is 0 Å². The minimum Gasteiger partial charge on any atom is -0.363 e. The van der Waals surface area contributed by atoms with Gasteiger partial charge in [0.15, 0.2) is 0 Å². The van der Waals surface area contributed by atoms with Crippen LogP contribution in [0.3, 0.4) is 0 Å². The van der Waals surface area contributed by atoms with Gasteiger partial charge in [-0.3, -0.25) is 0 Å². The Morgan fingerprint density at radius 1 is 1.45 bits per heavy atom. The van der Waals surface area contributed by atoms with Crippen LogP contribution >= 0.6 is 0 Å². The molecule has 3 N–H and O–H groups in total. The molecular weight excluding hydrogens is 276 g/mol. The molecule has 1 atom stereocenters. The van der Waals surface area contributed by atoms with Gasteiger partial charge in [-0.25, -0.2) is 13.1 Å². The van der Waals surface area contributed by atoms with Gasteiger partial charge in [-0.1, -0.05) is 6.42 Å². The SMILES string of the molecule is CNCc1cc(S(=O)(=O)NCC2CCCCN2C)c[nH]1. The molecule has 20 heavy (non-hydrogen) atoms. The summed E-state index contributed by atoms with van der Waals surface area (Å²) in [6, 6.07) is 1.97. The van der Waals surface area contributed by atoms with Crippen molar-refractivity contribution < 1.29 is 8.42 Å². The molecule has 6 nitrogen and oxygen atoms in total. The highest BCUT2D eigenvalue weighted by Gasteiger charge is 2.22. The Hall–Kier alpha value is -0.890. The van der Waals surface area contributed by atoms with Crippen molar-refractivity contribution >= 4 is 10.0 Å². The highest BCUT2D eigenvalue weighted by atomic mass is 32.2. The number of likely N-dealkylation sites (tertiary alicyclic amines) is 1. The van der Waals surface area contributed by atoms with Crippen molar-refractivity contribution in [2.75, 3.05) is 27.2 Å². The van der Waals surface area contributed by atoms with Gasteiger partial charge in [0.1, 0.15) is 0 Å². The van der Waals surface area contributed by atoms with Crippen LogP contribution in [0.5, 0.6) is 0 Å². The monoisotopic (exact) mass is 300 g/mol. The smallest absolute Gasteiger partial charge is 0.242 e. The molecular formula is C13H24N4O2S. The minimum absolute atomic E-state index is 0.300. The lowest BCUT2D eigenvalue weighted by atomic mass is 10.0. The predicted octanol–water partition coefficient (Wildman–Crippen LogP) is 0.497. The van der Waals surface area contributed by atoms with Crippen LogP contribution in [0.15, 0.2) is 17.2 Å². The lowest BCUT2D eigenvalue weighted by molar-refractivity contribution is 0.187. The fourth-order valence-electron chi connectivity index (χ4n) is 2.56. The Morgan fingerprint density at radius 3 is 2.95 bits per heavy atom. The number of hydrogen-bond donors (Lipinski definition) is 3. The molecule has 1 unspecified atom stereocenters. The standard InChI is InChI=1S/C13H24N4O2S/c1-14-8-11-7-13(10-15-11)20(18,19)16-9-12-5-3-4-6-17(12)2/h7,10,12,14-16H,3-6,8-9H2,1-2H3. The summed E-state index contributed by atoms with van der Waals surface area (Å²) in [4.78, 5) is 5.51. The third-order valence-electron chi connectivity index (χ3n) is 3.82. The average Bonchev–Trinajstić information content (AvgIpc) is 2.88. The normalized spacial score (nSPS) is 21.2. The number of sulfonamides is 1. The number of aromatic amines is 1.